The highest BCUT2D eigenvalue weighted by Gasteiger charge is 2.22. The van der Waals surface area contributed by atoms with Gasteiger partial charge in [0.1, 0.15) is 11.0 Å². The van der Waals surface area contributed by atoms with Crippen LogP contribution in [0.5, 0.6) is 0 Å². The molecule has 2 N–H and O–H groups in total. The van der Waals surface area contributed by atoms with E-state index in [2.05, 4.69) is 29.5 Å². The molecule has 0 aliphatic carbocycles. The van der Waals surface area contributed by atoms with Gasteiger partial charge in [-0.1, -0.05) is 25.4 Å². The zero-order valence-electron chi connectivity index (χ0n) is 11.3. The molecule has 0 radical (unpaired) electrons. The number of rotatable bonds is 5. The third-order valence-electron chi connectivity index (χ3n) is 3.29. The molecule has 0 unspecified atom stereocenters. The van der Waals surface area contributed by atoms with Crippen LogP contribution < -0.4 is 10.6 Å². The summed E-state index contributed by atoms with van der Waals surface area (Å²) in [5.74, 6) is 0.462. The highest BCUT2D eigenvalue weighted by atomic mass is 35.5. The van der Waals surface area contributed by atoms with E-state index < -0.39 is 0 Å². The largest absolute Gasteiger partial charge is 0.373 e. The molecule has 1 heterocycles. The van der Waals surface area contributed by atoms with Crippen molar-refractivity contribution in [2.75, 3.05) is 12.4 Å². The van der Waals surface area contributed by atoms with Gasteiger partial charge in [-0.2, -0.15) is 0 Å². The normalized spacial score (nSPS) is 11.2. The number of aromatic nitrogens is 1. The lowest BCUT2D eigenvalue weighted by atomic mass is 9.95. The fourth-order valence-corrected chi connectivity index (χ4v) is 1.74. The Morgan fingerprint density at radius 1 is 1.39 bits per heavy atom. The molecular weight excluding hydrogens is 250 g/mol. The molecule has 100 valence electrons. The molecule has 0 spiro atoms. The van der Waals surface area contributed by atoms with E-state index in [1.54, 1.807) is 19.2 Å². The average molecular weight is 270 g/mol. The fraction of sp³-hybridized carbons (Fsp3) is 0.538. The van der Waals surface area contributed by atoms with Crippen LogP contribution in [0.1, 0.15) is 44.0 Å². The Morgan fingerprint density at radius 2 is 2.00 bits per heavy atom. The molecule has 0 aliphatic heterocycles. The first kappa shape index (κ1) is 14.8. The van der Waals surface area contributed by atoms with Crippen LogP contribution in [0, 0.1) is 0 Å². The van der Waals surface area contributed by atoms with Gasteiger partial charge in [-0.15, -0.1) is 0 Å². The Hall–Kier alpha value is -1.29. The van der Waals surface area contributed by atoms with Crippen molar-refractivity contribution in [2.45, 2.75) is 39.2 Å². The Balaban J connectivity index is 2.94. The minimum absolute atomic E-state index is 0.123. The predicted octanol–water partition coefficient (Wildman–Crippen LogP) is 3.09. The number of nitrogens with zero attached hydrogens (tertiary/aromatic N) is 1. The van der Waals surface area contributed by atoms with Crippen molar-refractivity contribution >= 4 is 23.3 Å². The number of anilines is 1. The van der Waals surface area contributed by atoms with Crippen LogP contribution >= 0.6 is 11.6 Å². The summed E-state index contributed by atoms with van der Waals surface area (Å²) >= 11 is 5.88. The van der Waals surface area contributed by atoms with Crippen molar-refractivity contribution in [3.05, 3.63) is 22.8 Å². The lowest BCUT2D eigenvalue weighted by Gasteiger charge is -2.28. The van der Waals surface area contributed by atoms with Crippen LogP contribution in [0.4, 0.5) is 5.82 Å². The number of hydrogen-bond acceptors (Lipinski definition) is 3. The summed E-state index contributed by atoms with van der Waals surface area (Å²) in [7, 11) is 1.74. The number of amides is 1. The Kier molecular flexibility index (Phi) is 4.96. The SMILES string of the molecule is CCC(C)(CC)NC(=O)c1cc(Cl)nc(NC)c1. The maximum absolute atomic E-state index is 12.2. The molecule has 1 aromatic heterocycles. The molecule has 1 amide bonds. The van der Waals surface area contributed by atoms with Gasteiger partial charge in [0.2, 0.25) is 0 Å². The Bertz CT molecular complexity index is 430. The molecule has 0 aromatic carbocycles. The summed E-state index contributed by atoms with van der Waals surface area (Å²) in [6.45, 7) is 6.15. The standard InChI is InChI=1S/C13H20ClN3O/c1-5-13(3,6-2)17-12(18)9-7-10(14)16-11(8-9)15-4/h7-8H,5-6H2,1-4H3,(H,15,16)(H,17,18). The van der Waals surface area contributed by atoms with Gasteiger partial charge in [-0.25, -0.2) is 4.98 Å². The van der Waals surface area contributed by atoms with Crippen molar-refractivity contribution in [1.29, 1.82) is 0 Å². The van der Waals surface area contributed by atoms with Crippen molar-refractivity contribution < 1.29 is 4.79 Å². The number of hydrogen-bond donors (Lipinski definition) is 2. The van der Waals surface area contributed by atoms with E-state index in [9.17, 15) is 4.79 Å². The van der Waals surface area contributed by atoms with E-state index in [0.29, 0.717) is 16.5 Å². The van der Waals surface area contributed by atoms with E-state index in [-0.39, 0.29) is 11.4 Å². The smallest absolute Gasteiger partial charge is 0.251 e. The van der Waals surface area contributed by atoms with Crippen molar-refractivity contribution in [1.82, 2.24) is 10.3 Å². The van der Waals surface area contributed by atoms with Crippen LogP contribution in [0.15, 0.2) is 12.1 Å². The number of nitrogens with one attached hydrogen (secondary N) is 2. The third kappa shape index (κ3) is 3.60. The highest BCUT2D eigenvalue weighted by molar-refractivity contribution is 6.29. The first-order chi connectivity index (χ1) is 8.44. The quantitative estimate of drug-likeness (QED) is 0.808. The Morgan fingerprint density at radius 3 is 2.50 bits per heavy atom. The summed E-state index contributed by atoms with van der Waals surface area (Å²) in [6.07, 6.45) is 1.76. The van der Waals surface area contributed by atoms with Gasteiger partial charge in [0.05, 0.1) is 0 Å². The summed E-state index contributed by atoms with van der Waals surface area (Å²) in [5.41, 5.74) is 0.333. The summed E-state index contributed by atoms with van der Waals surface area (Å²) in [6, 6.07) is 3.26. The molecule has 18 heavy (non-hydrogen) atoms. The number of carbonyl (C=O) groups excluding carboxylic acids is 1. The topological polar surface area (TPSA) is 54.0 Å². The van der Waals surface area contributed by atoms with Gasteiger partial charge in [-0.05, 0) is 31.9 Å². The van der Waals surface area contributed by atoms with Crippen LogP contribution in [-0.2, 0) is 0 Å². The van der Waals surface area contributed by atoms with Gasteiger partial charge < -0.3 is 10.6 Å². The second-order valence-corrected chi connectivity index (χ2v) is 4.92. The number of carbonyl (C=O) groups is 1. The number of halogens is 1. The molecule has 0 fully saturated rings. The minimum Gasteiger partial charge on any atom is -0.373 e. The average Bonchev–Trinajstić information content (AvgIpc) is 2.37. The first-order valence-electron chi connectivity index (χ1n) is 6.12. The first-order valence-corrected chi connectivity index (χ1v) is 6.49. The third-order valence-corrected chi connectivity index (χ3v) is 3.48. The molecular formula is C13H20ClN3O. The van der Waals surface area contributed by atoms with Crippen LogP contribution in [-0.4, -0.2) is 23.5 Å². The van der Waals surface area contributed by atoms with Gasteiger partial charge in [-0.3, -0.25) is 4.79 Å². The van der Waals surface area contributed by atoms with E-state index in [1.165, 1.54) is 0 Å². The maximum atomic E-state index is 12.2. The molecule has 5 heteroatoms. The second kappa shape index (κ2) is 6.05. The maximum Gasteiger partial charge on any atom is 0.251 e. The lowest BCUT2D eigenvalue weighted by molar-refractivity contribution is 0.0901. The zero-order chi connectivity index (χ0) is 13.8. The van der Waals surface area contributed by atoms with Crippen molar-refractivity contribution in [3.8, 4) is 0 Å². The van der Waals surface area contributed by atoms with Gasteiger partial charge in [0.15, 0.2) is 0 Å². The van der Waals surface area contributed by atoms with Crippen LogP contribution in [0.3, 0.4) is 0 Å². The minimum atomic E-state index is -0.188. The molecule has 0 atom stereocenters. The van der Waals surface area contributed by atoms with E-state index >= 15 is 0 Å². The molecule has 4 nitrogen and oxygen atoms in total. The lowest BCUT2D eigenvalue weighted by Crippen LogP contribution is -2.44. The Labute approximate surface area is 113 Å². The van der Waals surface area contributed by atoms with Gasteiger partial charge in [0.25, 0.3) is 5.91 Å². The predicted molar refractivity (Wildman–Crippen MR) is 75.2 cm³/mol. The van der Waals surface area contributed by atoms with Crippen LogP contribution in [0.25, 0.3) is 0 Å². The molecule has 0 aliphatic rings. The summed E-state index contributed by atoms with van der Waals surface area (Å²) in [4.78, 5) is 16.2. The molecule has 0 bridgehead atoms. The monoisotopic (exact) mass is 269 g/mol. The van der Waals surface area contributed by atoms with E-state index in [0.717, 1.165) is 12.8 Å². The molecule has 1 aromatic rings. The summed E-state index contributed by atoms with van der Waals surface area (Å²) < 4.78 is 0. The second-order valence-electron chi connectivity index (χ2n) is 4.54. The fourth-order valence-electron chi connectivity index (χ4n) is 1.53. The molecule has 0 saturated heterocycles. The van der Waals surface area contributed by atoms with Gasteiger partial charge >= 0.3 is 0 Å². The van der Waals surface area contributed by atoms with E-state index in [4.69, 9.17) is 11.6 Å². The van der Waals surface area contributed by atoms with Gasteiger partial charge in [0, 0.05) is 18.2 Å². The zero-order valence-corrected chi connectivity index (χ0v) is 12.1. The van der Waals surface area contributed by atoms with E-state index in [1.807, 2.05) is 6.92 Å². The summed E-state index contributed by atoms with van der Waals surface area (Å²) in [5, 5.41) is 6.22. The van der Waals surface area contributed by atoms with Crippen molar-refractivity contribution in [2.24, 2.45) is 0 Å². The molecule has 0 saturated carbocycles. The van der Waals surface area contributed by atoms with Crippen LogP contribution in [0.2, 0.25) is 5.15 Å². The molecule has 1 rings (SSSR count). The number of pyridine rings is 1. The highest BCUT2D eigenvalue weighted by Crippen LogP contribution is 2.18. The van der Waals surface area contributed by atoms with Crippen molar-refractivity contribution in [3.63, 3.8) is 0 Å².